The molecule has 0 radical (unpaired) electrons. The van der Waals surface area contributed by atoms with Gasteiger partial charge < -0.3 is 14.6 Å². The van der Waals surface area contributed by atoms with Crippen LogP contribution in [0.15, 0.2) is 47.0 Å². The standard InChI is InChI=1S/C19H18ClN3O3/c1-3-25-16-9-6-14(10-12(16)2)19(24)21-11-17-22-18(23-26-17)13-4-7-15(20)8-5-13/h4-10H,3,11H2,1-2H3,(H,21,24). The minimum atomic E-state index is -0.220. The summed E-state index contributed by atoms with van der Waals surface area (Å²) in [7, 11) is 0. The van der Waals surface area contributed by atoms with Crippen LogP contribution < -0.4 is 10.1 Å². The van der Waals surface area contributed by atoms with E-state index < -0.39 is 0 Å². The van der Waals surface area contributed by atoms with Crippen molar-refractivity contribution in [1.82, 2.24) is 15.5 Å². The first kappa shape index (κ1) is 17.9. The van der Waals surface area contributed by atoms with Gasteiger partial charge >= 0.3 is 0 Å². The van der Waals surface area contributed by atoms with E-state index >= 15 is 0 Å². The van der Waals surface area contributed by atoms with Crippen molar-refractivity contribution >= 4 is 17.5 Å². The first-order valence-corrected chi connectivity index (χ1v) is 8.55. The number of carbonyl (C=O) groups is 1. The average Bonchev–Trinajstić information content (AvgIpc) is 3.11. The molecule has 3 aromatic rings. The van der Waals surface area contributed by atoms with Crippen LogP contribution in [0.3, 0.4) is 0 Å². The van der Waals surface area contributed by atoms with Gasteiger partial charge in [-0.2, -0.15) is 4.98 Å². The van der Waals surface area contributed by atoms with Crippen LogP contribution in [0, 0.1) is 6.92 Å². The van der Waals surface area contributed by atoms with Crippen LogP contribution in [0.2, 0.25) is 5.02 Å². The lowest BCUT2D eigenvalue weighted by Crippen LogP contribution is -2.23. The molecule has 1 aromatic heterocycles. The molecule has 7 heteroatoms. The highest BCUT2D eigenvalue weighted by molar-refractivity contribution is 6.30. The molecule has 0 bridgehead atoms. The molecule has 26 heavy (non-hydrogen) atoms. The minimum Gasteiger partial charge on any atom is -0.494 e. The number of amides is 1. The number of halogens is 1. The Hall–Kier alpha value is -2.86. The van der Waals surface area contributed by atoms with Gasteiger partial charge in [0.25, 0.3) is 5.91 Å². The zero-order chi connectivity index (χ0) is 18.5. The SMILES string of the molecule is CCOc1ccc(C(=O)NCc2nc(-c3ccc(Cl)cc3)no2)cc1C. The summed E-state index contributed by atoms with van der Waals surface area (Å²) in [6.45, 7) is 4.55. The third kappa shape index (κ3) is 4.21. The summed E-state index contributed by atoms with van der Waals surface area (Å²) in [5.41, 5.74) is 2.24. The maximum atomic E-state index is 12.3. The fourth-order valence-electron chi connectivity index (χ4n) is 2.41. The van der Waals surface area contributed by atoms with Gasteiger partial charge in [0.15, 0.2) is 0 Å². The van der Waals surface area contributed by atoms with E-state index in [1.54, 1.807) is 42.5 Å². The Morgan fingerprint density at radius 1 is 1.23 bits per heavy atom. The van der Waals surface area contributed by atoms with E-state index in [2.05, 4.69) is 15.5 Å². The predicted molar refractivity (Wildman–Crippen MR) is 98.3 cm³/mol. The maximum Gasteiger partial charge on any atom is 0.251 e. The van der Waals surface area contributed by atoms with Crippen LogP contribution >= 0.6 is 11.6 Å². The maximum absolute atomic E-state index is 12.3. The number of aromatic nitrogens is 2. The number of nitrogens with zero attached hydrogens (tertiary/aromatic N) is 2. The van der Waals surface area contributed by atoms with E-state index in [9.17, 15) is 4.79 Å². The lowest BCUT2D eigenvalue weighted by molar-refractivity contribution is 0.0946. The molecule has 1 heterocycles. The Bertz CT molecular complexity index is 907. The highest BCUT2D eigenvalue weighted by atomic mass is 35.5. The molecular formula is C19H18ClN3O3. The number of hydrogen-bond donors (Lipinski definition) is 1. The highest BCUT2D eigenvalue weighted by Crippen LogP contribution is 2.20. The molecule has 1 amide bonds. The Morgan fingerprint density at radius 3 is 2.69 bits per heavy atom. The highest BCUT2D eigenvalue weighted by Gasteiger charge is 2.12. The van der Waals surface area contributed by atoms with E-state index in [1.165, 1.54) is 0 Å². The quantitative estimate of drug-likeness (QED) is 0.707. The van der Waals surface area contributed by atoms with Gasteiger partial charge in [-0.05, 0) is 61.9 Å². The molecule has 0 atom stereocenters. The molecule has 0 aliphatic rings. The first-order chi connectivity index (χ1) is 12.6. The lowest BCUT2D eigenvalue weighted by atomic mass is 10.1. The second kappa shape index (κ2) is 8.01. The van der Waals surface area contributed by atoms with Gasteiger partial charge in [0.1, 0.15) is 5.75 Å². The van der Waals surface area contributed by atoms with Gasteiger partial charge in [-0.1, -0.05) is 16.8 Å². The van der Waals surface area contributed by atoms with Gasteiger partial charge in [-0.25, -0.2) is 0 Å². The normalized spacial score (nSPS) is 10.6. The predicted octanol–water partition coefficient (Wildman–Crippen LogP) is 4.03. The zero-order valence-electron chi connectivity index (χ0n) is 14.5. The van der Waals surface area contributed by atoms with Crippen LogP contribution in [0.25, 0.3) is 11.4 Å². The molecule has 0 spiro atoms. The van der Waals surface area contributed by atoms with Crippen molar-refractivity contribution in [3.8, 4) is 17.1 Å². The van der Waals surface area contributed by atoms with Gasteiger partial charge in [0, 0.05) is 16.1 Å². The van der Waals surface area contributed by atoms with Crippen molar-refractivity contribution in [1.29, 1.82) is 0 Å². The molecule has 6 nitrogen and oxygen atoms in total. The molecule has 0 aliphatic carbocycles. The Morgan fingerprint density at radius 2 is 2.00 bits per heavy atom. The van der Waals surface area contributed by atoms with Gasteiger partial charge in [0.05, 0.1) is 13.2 Å². The molecule has 0 saturated carbocycles. The monoisotopic (exact) mass is 371 g/mol. The van der Waals surface area contributed by atoms with Crippen molar-refractivity contribution < 1.29 is 14.1 Å². The Kier molecular flexibility index (Phi) is 5.53. The fraction of sp³-hybridized carbons (Fsp3) is 0.211. The lowest BCUT2D eigenvalue weighted by Gasteiger charge is -2.08. The third-order valence-electron chi connectivity index (χ3n) is 3.71. The molecule has 0 unspecified atom stereocenters. The summed E-state index contributed by atoms with van der Waals surface area (Å²) in [6.07, 6.45) is 0. The molecule has 2 aromatic carbocycles. The van der Waals surface area contributed by atoms with Crippen LogP contribution in [0.1, 0.15) is 28.7 Å². The number of aryl methyl sites for hydroxylation is 1. The summed E-state index contributed by atoms with van der Waals surface area (Å²) < 4.78 is 10.7. The number of hydrogen-bond acceptors (Lipinski definition) is 5. The summed E-state index contributed by atoms with van der Waals surface area (Å²) in [5, 5.41) is 7.32. The van der Waals surface area contributed by atoms with Crippen LogP contribution in [-0.2, 0) is 6.54 Å². The topological polar surface area (TPSA) is 77.2 Å². The van der Waals surface area contributed by atoms with Gasteiger partial charge in [-0.15, -0.1) is 0 Å². The first-order valence-electron chi connectivity index (χ1n) is 8.17. The fourth-order valence-corrected chi connectivity index (χ4v) is 2.53. The number of rotatable bonds is 6. The Labute approximate surface area is 156 Å². The summed E-state index contributed by atoms with van der Waals surface area (Å²) in [4.78, 5) is 16.6. The van der Waals surface area contributed by atoms with Crippen LogP contribution in [0.4, 0.5) is 0 Å². The minimum absolute atomic E-state index is 0.145. The summed E-state index contributed by atoms with van der Waals surface area (Å²) in [5.74, 6) is 1.32. The van der Waals surface area contributed by atoms with Crippen LogP contribution in [0.5, 0.6) is 5.75 Å². The number of carbonyl (C=O) groups excluding carboxylic acids is 1. The van der Waals surface area contributed by atoms with Crippen molar-refractivity contribution in [2.75, 3.05) is 6.61 Å². The third-order valence-corrected chi connectivity index (χ3v) is 3.96. The summed E-state index contributed by atoms with van der Waals surface area (Å²) >= 11 is 5.87. The molecule has 3 rings (SSSR count). The molecule has 134 valence electrons. The number of nitrogens with one attached hydrogen (secondary N) is 1. The molecule has 0 saturated heterocycles. The second-order valence-electron chi connectivity index (χ2n) is 5.61. The van der Waals surface area contributed by atoms with E-state index in [0.29, 0.717) is 28.9 Å². The largest absolute Gasteiger partial charge is 0.494 e. The average molecular weight is 372 g/mol. The Balaban J connectivity index is 1.63. The molecule has 1 N–H and O–H groups in total. The van der Waals surface area contributed by atoms with Crippen molar-refractivity contribution in [3.05, 3.63) is 64.5 Å². The van der Waals surface area contributed by atoms with Crippen molar-refractivity contribution in [2.45, 2.75) is 20.4 Å². The van der Waals surface area contributed by atoms with Crippen molar-refractivity contribution in [2.24, 2.45) is 0 Å². The van der Waals surface area contributed by atoms with E-state index in [-0.39, 0.29) is 12.5 Å². The second-order valence-corrected chi connectivity index (χ2v) is 6.05. The van der Waals surface area contributed by atoms with E-state index in [4.69, 9.17) is 20.9 Å². The molecular weight excluding hydrogens is 354 g/mol. The van der Waals surface area contributed by atoms with Crippen molar-refractivity contribution in [3.63, 3.8) is 0 Å². The summed E-state index contributed by atoms with van der Waals surface area (Å²) in [6, 6.07) is 12.4. The number of benzene rings is 2. The van der Waals surface area contributed by atoms with Crippen LogP contribution in [-0.4, -0.2) is 22.7 Å². The molecule has 0 fully saturated rings. The van der Waals surface area contributed by atoms with Gasteiger partial charge in [0.2, 0.25) is 11.7 Å². The van der Waals surface area contributed by atoms with E-state index in [0.717, 1.165) is 16.9 Å². The van der Waals surface area contributed by atoms with E-state index in [1.807, 2.05) is 13.8 Å². The smallest absolute Gasteiger partial charge is 0.251 e. The zero-order valence-corrected chi connectivity index (χ0v) is 15.2. The molecule has 0 aliphatic heterocycles. The van der Waals surface area contributed by atoms with Gasteiger partial charge in [-0.3, -0.25) is 4.79 Å². The number of ether oxygens (including phenoxy) is 1.